The van der Waals surface area contributed by atoms with Crippen molar-refractivity contribution in [2.45, 2.75) is 38.3 Å². The Labute approximate surface area is 125 Å². The van der Waals surface area contributed by atoms with E-state index in [2.05, 4.69) is 4.90 Å². The second-order valence-corrected chi connectivity index (χ2v) is 5.48. The van der Waals surface area contributed by atoms with E-state index in [-0.39, 0.29) is 12.5 Å². The third-order valence-electron chi connectivity index (χ3n) is 4.00. The summed E-state index contributed by atoms with van der Waals surface area (Å²) in [7, 11) is 1.41. The minimum atomic E-state index is -0.433. The number of nitrogens with two attached hydrogens (primary N) is 1. The summed E-state index contributed by atoms with van der Waals surface area (Å²) in [6.07, 6.45) is 4.60. The van der Waals surface area contributed by atoms with Crippen molar-refractivity contribution in [3.8, 4) is 0 Å². The van der Waals surface area contributed by atoms with Gasteiger partial charge in [-0.05, 0) is 30.5 Å². The highest BCUT2D eigenvalue weighted by Gasteiger charge is 2.24. The maximum atomic E-state index is 11.6. The molecule has 1 aliphatic rings. The number of benzene rings is 1. The summed E-state index contributed by atoms with van der Waals surface area (Å²) >= 11 is 0. The number of ether oxygens (including phenoxy) is 1. The van der Waals surface area contributed by atoms with Crippen molar-refractivity contribution in [1.29, 1.82) is 0 Å². The predicted molar refractivity (Wildman–Crippen MR) is 79.6 cm³/mol. The van der Waals surface area contributed by atoms with E-state index in [1.807, 2.05) is 12.1 Å². The van der Waals surface area contributed by atoms with Crippen LogP contribution in [0, 0.1) is 0 Å². The van der Waals surface area contributed by atoms with Gasteiger partial charge in [-0.3, -0.25) is 14.5 Å². The molecule has 1 aromatic carbocycles. The zero-order chi connectivity index (χ0) is 15.2. The lowest BCUT2D eigenvalue weighted by atomic mass is 10.1. The Hall–Kier alpha value is -1.88. The number of esters is 1. The van der Waals surface area contributed by atoms with Crippen LogP contribution in [-0.2, 0) is 16.1 Å². The Balaban J connectivity index is 2.11. The van der Waals surface area contributed by atoms with Crippen molar-refractivity contribution >= 4 is 11.9 Å². The summed E-state index contributed by atoms with van der Waals surface area (Å²) in [5, 5.41) is 0. The van der Waals surface area contributed by atoms with Gasteiger partial charge in [0, 0.05) is 18.2 Å². The number of methoxy groups -OCH3 is 1. The van der Waals surface area contributed by atoms with E-state index < -0.39 is 5.91 Å². The Bertz CT molecular complexity index is 510. The highest BCUT2D eigenvalue weighted by Crippen LogP contribution is 2.25. The first-order valence-electron chi connectivity index (χ1n) is 7.29. The van der Waals surface area contributed by atoms with E-state index in [1.165, 1.54) is 20.0 Å². The standard InChI is InChI=1S/C16H22N2O3/c1-21-15(19)11-18(14-7-2-3-8-14)10-12-5-4-6-13(9-12)16(17)20/h4-6,9,14H,2-3,7-8,10-11H2,1H3,(H2,17,20). The van der Waals surface area contributed by atoms with Crippen LogP contribution in [0.25, 0.3) is 0 Å². The molecule has 1 saturated carbocycles. The molecule has 21 heavy (non-hydrogen) atoms. The first-order chi connectivity index (χ1) is 10.1. The highest BCUT2D eigenvalue weighted by molar-refractivity contribution is 5.92. The normalized spacial score (nSPS) is 15.3. The molecule has 114 valence electrons. The molecule has 0 aromatic heterocycles. The zero-order valence-electron chi connectivity index (χ0n) is 12.4. The van der Waals surface area contributed by atoms with Crippen LogP contribution < -0.4 is 5.73 Å². The fourth-order valence-electron chi connectivity index (χ4n) is 2.87. The number of carbonyl (C=O) groups excluding carboxylic acids is 2. The van der Waals surface area contributed by atoms with Crippen LogP contribution in [0.4, 0.5) is 0 Å². The summed E-state index contributed by atoms with van der Waals surface area (Å²) in [5.74, 6) is -0.662. The van der Waals surface area contributed by atoms with Crippen molar-refractivity contribution < 1.29 is 14.3 Å². The molecule has 1 fully saturated rings. The monoisotopic (exact) mass is 290 g/mol. The smallest absolute Gasteiger partial charge is 0.319 e. The minimum absolute atomic E-state index is 0.229. The Morgan fingerprint density at radius 1 is 1.33 bits per heavy atom. The zero-order valence-corrected chi connectivity index (χ0v) is 12.4. The number of nitrogens with zero attached hydrogens (tertiary/aromatic N) is 1. The van der Waals surface area contributed by atoms with Gasteiger partial charge < -0.3 is 10.5 Å². The van der Waals surface area contributed by atoms with Crippen LogP contribution in [0.5, 0.6) is 0 Å². The van der Waals surface area contributed by atoms with E-state index in [4.69, 9.17) is 10.5 Å². The molecule has 2 rings (SSSR count). The minimum Gasteiger partial charge on any atom is -0.468 e. The summed E-state index contributed by atoms with van der Waals surface area (Å²) in [6.45, 7) is 0.906. The largest absolute Gasteiger partial charge is 0.468 e. The van der Waals surface area contributed by atoms with E-state index in [0.29, 0.717) is 18.2 Å². The molecule has 5 heteroatoms. The van der Waals surface area contributed by atoms with E-state index >= 15 is 0 Å². The number of hydrogen-bond acceptors (Lipinski definition) is 4. The maximum absolute atomic E-state index is 11.6. The fourth-order valence-corrected chi connectivity index (χ4v) is 2.87. The van der Waals surface area contributed by atoms with Crippen LogP contribution >= 0.6 is 0 Å². The Morgan fingerprint density at radius 3 is 2.67 bits per heavy atom. The molecule has 2 N–H and O–H groups in total. The molecule has 0 saturated heterocycles. The summed E-state index contributed by atoms with van der Waals surface area (Å²) in [5.41, 5.74) is 6.80. The topological polar surface area (TPSA) is 72.6 Å². The maximum Gasteiger partial charge on any atom is 0.319 e. The van der Waals surface area contributed by atoms with Gasteiger partial charge in [-0.15, -0.1) is 0 Å². The molecule has 0 radical (unpaired) electrons. The van der Waals surface area contributed by atoms with Crippen molar-refractivity contribution in [3.05, 3.63) is 35.4 Å². The average molecular weight is 290 g/mol. The van der Waals surface area contributed by atoms with Crippen LogP contribution in [-0.4, -0.2) is 36.5 Å². The molecule has 0 unspecified atom stereocenters. The van der Waals surface area contributed by atoms with Gasteiger partial charge in [-0.2, -0.15) is 0 Å². The van der Waals surface area contributed by atoms with E-state index in [0.717, 1.165) is 18.4 Å². The lowest BCUT2D eigenvalue weighted by molar-refractivity contribution is -0.142. The van der Waals surface area contributed by atoms with Gasteiger partial charge in [0.1, 0.15) is 0 Å². The second-order valence-electron chi connectivity index (χ2n) is 5.48. The van der Waals surface area contributed by atoms with Crippen molar-refractivity contribution in [1.82, 2.24) is 4.90 Å². The van der Waals surface area contributed by atoms with Gasteiger partial charge in [0.25, 0.3) is 0 Å². The Morgan fingerprint density at radius 2 is 2.05 bits per heavy atom. The quantitative estimate of drug-likeness (QED) is 0.809. The highest BCUT2D eigenvalue weighted by atomic mass is 16.5. The average Bonchev–Trinajstić information content (AvgIpc) is 3.01. The van der Waals surface area contributed by atoms with Gasteiger partial charge in [-0.1, -0.05) is 25.0 Å². The third kappa shape index (κ3) is 4.29. The third-order valence-corrected chi connectivity index (χ3v) is 4.00. The van der Waals surface area contributed by atoms with Gasteiger partial charge in [0.15, 0.2) is 0 Å². The number of amides is 1. The second kappa shape index (κ2) is 7.22. The molecule has 1 aliphatic carbocycles. The molecule has 0 atom stereocenters. The van der Waals surface area contributed by atoms with Crippen molar-refractivity contribution in [2.24, 2.45) is 5.73 Å². The number of rotatable bonds is 6. The SMILES string of the molecule is COC(=O)CN(Cc1cccc(C(N)=O)c1)C1CCCC1. The lowest BCUT2D eigenvalue weighted by Crippen LogP contribution is -2.37. The van der Waals surface area contributed by atoms with Crippen molar-refractivity contribution in [2.75, 3.05) is 13.7 Å². The van der Waals surface area contributed by atoms with Crippen LogP contribution in [0.15, 0.2) is 24.3 Å². The molecule has 1 amide bonds. The molecule has 0 bridgehead atoms. The van der Waals surface area contributed by atoms with Gasteiger partial charge in [-0.25, -0.2) is 0 Å². The molecule has 0 aliphatic heterocycles. The summed E-state index contributed by atoms with van der Waals surface area (Å²) in [4.78, 5) is 25.0. The molecule has 0 spiro atoms. The Kier molecular flexibility index (Phi) is 5.33. The van der Waals surface area contributed by atoms with E-state index in [9.17, 15) is 9.59 Å². The van der Waals surface area contributed by atoms with Crippen LogP contribution in [0.2, 0.25) is 0 Å². The van der Waals surface area contributed by atoms with Crippen LogP contribution in [0.3, 0.4) is 0 Å². The van der Waals surface area contributed by atoms with Gasteiger partial charge in [0.2, 0.25) is 5.91 Å². The van der Waals surface area contributed by atoms with E-state index in [1.54, 1.807) is 12.1 Å². The summed E-state index contributed by atoms with van der Waals surface area (Å²) in [6, 6.07) is 7.67. The molecule has 5 nitrogen and oxygen atoms in total. The summed E-state index contributed by atoms with van der Waals surface area (Å²) < 4.78 is 4.79. The molecule has 0 heterocycles. The number of carbonyl (C=O) groups is 2. The van der Waals surface area contributed by atoms with Crippen molar-refractivity contribution in [3.63, 3.8) is 0 Å². The molecular formula is C16H22N2O3. The number of primary amides is 1. The first kappa shape index (κ1) is 15.5. The first-order valence-corrected chi connectivity index (χ1v) is 7.29. The molecular weight excluding hydrogens is 268 g/mol. The van der Waals surface area contributed by atoms with Crippen LogP contribution in [0.1, 0.15) is 41.6 Å². The molecule has 1 aromatic rings. The number of hydrogen-bond donors (Lipinski definition) is 1. The van der Waals surface area contributed by atoms with Gasteiger partial charge >= 0.3 is 5.97 Å². The fraction of sp³-hybridized carbons (Fsp3) is 0.500. The predicted octanol–water partition coefficient (Wildman–Crippen LogP) is 1.70. The van der Waals surface area contributed by atoms with Gasteiger partial charge in [0.05, 0.1) is 13.7 Å². The lowest BCUT2D eigenvalue weighted by Gasteiger charge is -2.27.